The van der Waals surface area contributed by atoms with Crippen LogP contribution in [-0.4, -0.2) is 37.8 Å². The Morgan fingerprint density at radius 1 is 0.453 bits per heavy atom. The van der Waals surface area contributed by atoms with E-state index in [0.717, 1.165) is 75.7 Å². The van der Waals surface area contributed by atoms with Gasteiger partial charge in [0.1, 0.15) is 0 Å². The van der Waals surface area contributed by atoms with Crippen molar-refractivity contribution in [3.63, 3.8) is 0 Å². The average Bonchev–Trinajstić information content (AvgIpc) is 3.15. The third-order valence-electron chi connectivity index (χ3n) is 11.1. The van der Waals surface area contributed by atoms with E-state index in [1.54, 1.807) is 0 Å². The number of hydrogen-bond acceptors (Lipinski definition) is 2. The highest BCUT2D eigenvalue weighted by atomic mass is 19.4. The van der Waals surface area contributed by atoms with E-state index >= 15 is 0 Å². The molecule has 53 heavy (non-hydrogen) atoms. The molecule has 0 saturated heterocycles. The van der Waals surface area contributed by atoms with Gasteiger partial charge in [0, 0.05) is 26.1 Å². The molecule has 0 atom stereocenters. The Kier molecular flexibility index (Phi) is 21.5. The third-order valence-corrected chi connectivity index (χ3v) is 11.1. The predicted octanol–water partition coefficient (Wildman–Crippen LogP) is 14.8. The molecule has 0 unspecified atom stereocenters. The average molecular weight is 755 g/mol. The van der Waals surface area contributed by atoms with Crippen LogP contribution in [0.5, 0.6) is 0 Å². The minimum atomic E-state index is -4.08. The highest BCUT2D eigenvalue weighted by Crippen LogP contribution is 2.36. The van der Waals surface area contributed by atoms with Crippen LogP contribution in [0, 0.1) is 0 Å². The fourth-order valence-corrected chi connectivity index (χ4v) is 7.70. The number of unbranched alkanes of at least 4 members (excludes halogenated alkanes) is 9. The molecule has 0 bridgehead atoms. The van der Waals surface area contributed by atoms with Crippen molar-refractivity contribution in [3.05, 3.63) is 70.8 Å². The lowest BCUT2D eigenvalue weighted by molar-refractivity contribution is -0.134. The molecule has 2 aromatic rings. The fourth-order valence-electron chi connectivity index (χ4n) is 7.70. The van der Waals surface area contributed by atoms with Crippen LogP contribution in [0.3, 0.4) is 0 Å². The molecular formula is C45H68F6O2. The van der Waals surface area contributed by atoms with Crippen LogP contribution < -0.4 is 0 Å². The first kappa shape index (κ1) is 45.3. The smallest absolute Gasteiger partial charge is 0.378 e. The number of aryl methyl sites for hydroxylation is 2. The molecule has 2 aliphatic carbocycles. The van der Waals surface area contributed by atoms with Gasteiger partial charge in [0.25, 0.3) is 0 Å². The van der Waals surface area contributed by atoms with Gasteiger partial charge in [-0.3, -0.25) is 0 Å². The van der Waals surface area contributed by atoms with E-state index in [1.807, 2.05) is 48.5 Å². The largest absolute Gasteiger partial charge is 0.389 e. The fraction of sp³-hybridized carbons (Fsp3) is 0.733. The van der Waals surface area contributed by atoms with E-state index in [9.17, 15) is 26.3 Å². The summed E-state index contributed by atoms with van der Waals surface area (Å²) < 4.78 is 85.9. The van der Waals surface area contributed by atoms with Crippen molar-refractivity contribution in [2.24, 2.45) is 0 Å². The molecule has 302 valence electrons. The lowest BCUT2D eigenvalue weighted by atomic mass is 9.82. The molecule has 2 aromatic carbocycles. The van der Waals surface area contributed by atoms with Gasteiger partial charge in [0.15, 0.2) is 0 Å². The minimum Gasteiger partial charge on any atom is -0.378 e. The van der Waals surface area contributed by atoms with Gasteiger partial charge in [-0.2, -0.15) is 26.3 Å². The van der Waals surface area contributed by atoms with Crippen LogP contribution in [0.2, 0.25) is 0 Å². The summed E-state index contributed by atoms with van der Waals surface area (Å²) in [5.74, 6) is 1.05. The minimum absolute atomic E-state index is 0.0720. The Labute approximate surface area is 317 Å². The van der Waals surface area contributed by atoms with Crippen molar-refractivity contribution in [1.82, 2.24) is 0 Å². The summed E-state index contributed by atoms with van der Waals surface area (Å²) >= 11 is 0. The first-order chi connectivity index (χ1) is 25.5. The molecule has 2 aliphatic rings. The molecule has 0 heterocycles. The SMILES string of the molecule is CCCCCCCCO[C@H]1CC[C@H](c2ccc(CCC(F)(F)F)cc2)CC1.CCCCCCCO[C@H]1CC[C@H](c2ccc(CCC(F)(F)F)cc2)CC1. The highest BCUT2D eigenvalue weighted by molar-refractivity contribution is 5.27. The summed E-state index contributed by atoms with van der Waals surface area (Å²) in [5.41, 5.74) is 4.07. The Morgan fingerprint density at radius 2 is 0.774 bits per heavy atom. The number of alkyl halides is 6. The van der Waals surface area contributed by atoms with Gasteiger partial charge in [-0.05, 0) is 111 Å². The number of ether oxygens (including phenoxy) is 2. The van der Waals surface area contributed by atoms with Gasteiger partial charge in [0.2, 0.25) is 0 Å². The Morgan fingerprint density at radius 3 is 1.09 bits per heavy atom. The first-order valence-corrected chi connectivity index (χ1v) is 21.0. The molecule has 0 aliphatic heterocycles. The molecule has 2 saturated carbocycles. The second-order valence-electron chi connectivity index (χ2n) is 15.6. The molecule has 4 rings (SSSR count). The lowest BCUT2D eigenvalue weighted by Gasteiger charge is -2.29. The predicted molar refractivity (Wildman–Crippen MR) is 206 cm³/mol. The zero-order valence-corrected chi connectivity index (χ0v) is 32.7. The summed E-state index contributed by atoms with van der Waals surface area (Å²) in [6, 6.07) is 15.5. The maximum absolute atomic E-state index is 12.3. The lowest BCUT2D eigenvalue weighted by Crippen LogP contribution is -2.21. The van der Waals surface area contributed by atoms with Crippen LogP contribution >= 0.6 is 0 Å². The van der Waals surface area contributed by atoms with E-state index < -0.39 is 25.2 Å². The number of rotatable bonds is 21. The zero-order chi connectivity index (χ0) is 38.4. The first-order valence-electron chi connectivity index (χ1n) is 21.0. The number of benzene rings is 2. The van der Waals surface area contributed by atoms with Gasteiger partial charge in [-0.25, -0.2) is 0 Å². The molecule has 0 amide bonds. The molecule has 8 heteroatoms. The van der Waals surface area contributed by atoms with Crippen LogP contribution in [0.1, 0.15) is 183 Å². The van der Waals surface area contributed by atoms with Crippen LogP contribution in [0.15, 0.2) is 48.5 Å². The van der Waals surface area contributed by atoms with Crippen molar-refractivity contribution >= 4 is 0 Å². The van der Waals surface area contributed by atoms with Gasteiger partial charge < -0.3 is 9.47 Å². The molecular weight excluding hydrogens is 686 g/mol. The van der Waals surface area contributed by atoms with Crippen molar-refractivity contribution < 1.29 is 35.8 Å². The maximum atomic E-state index is 12.3. The molecule has 0 N–H and O–H groups in total. The highest BCUT2D eigenvalue weighted by Gasteiger charge is 2.28. The van der Waals surface area contributed by atoms with E-state index in [2.05, 4.69) is 13.8 Å². The molecule has 0 spiro atoms. The van der Waals surface area contributed by atoms with Gasteiger partial charge >= 0.3 is 12.4 Å². The van der Waals surface area contributed by atoms with Crippen LogP contribution in [0.4, 0.5) is 26.3 Å². The number of halogens is 6. The van der Waals surface area contributed by atoms with E-state index in [0.29, 0.717) is 24.0 Å². The van der Waals surface area contributed by atoms with Crippen LogP contribution in [-0.2, 0) is 22.3 Å². The summed E-state index contributed by atoms with van der Waals surface area (Å²) in [6.07, 6.45) is 14.2. The zero-order valence-electron chi connectivity index (χ0n) is 32.7. The summed E-state index contributed by atoms with van der Waals surface area (Å²) in [7, 11) is 0. The quantitative estimate of drug-likeness (QED) is 0.0933. The summed E-state index contributed by atoms with van der Waals surface area (Å²) in [5, 5.41) is 0. The second kappa shape index (κ2) is 25.2. The van der Waals surface area contributed by atoms with Gasteiger partial charge in [0.05, 0.1) is 12.2 Å². The van der Waals surface area contributed by atoms with Crippen molar-refractivity contribution in [3.8, 4) is 0 Å². The summed E-state index contributed by atoms with van der Waals surface area (Å²) in [4.78, 5) is 0. The maximum Gasteiger partial charge on any atom is 0.389 e. The van der Waals surface area contributed by atoms with Gasteiger partial charge in [-0.1, -0.05) is 120 Å². The molecule has 0 aromatic heterocycles. The monoisotopic (exact) mass is 755 g/mol. The molecule has 2 nitrogen and oxygen atoms in total. The van der Waals surface area contributed by atoms with E-state index in [1.165, 1.54) is 81.8 Å². The topological polar surface area (TPSA) is 18.5 Å². The molecule has 0 radical (unpaired) electrons. The Bertz CT molecular complexity index is 1180. The third kappa shape index (κ3) is 20.4. The Balaban J connectivity index is 0.000000286. The normalized spacial score (nSPS) is 20.9. The van der Waals surface area contributed by atoms with E-state index in [-0.39, 0.29) is 12.8 Å². The summed E-state index contributed by atoms with van der Waals surface area (Å²) in [6.45, 7) is 6.23. The Hall–Kier alpha value is -2.06. The van der Waals surface area contributed by atoms with Gasteiger partial charge in [-0.15, -0.1) is 0 Å². The van der Waals surface area contributed by atoms with Crippen LogP contribution in [0.25, 0.3) is 0 Å². The van der Waals surface area contributed by atoms with Crippen molar-refractivity contribution in [1.29, 1.82) is 0 Å². The molecule has 2 fully saturated rings. The second-order valence-corrected chi connectivity index (χ2v) is 15.6. The van der Waals surface area contributed by atoms with Crippen molar-refractivity contribution in [2.45, 2.75) is 198 Å². The number of hydrogen-bond donors (Lipinski definition) is 0. The van der Waals surface area contributed by atoms with Crippen molar-refractivity contribution in [2.75, 3.05) is 13.2 Å². The standard InChI is InChI=1S/C23H35F3O.C22H33F3O/c1-2-3-4-5-6-7-18-27-22-14-12-21(13-15-22)20-10-8-19(9-11-20)16-17-23(24,25)26;1-2-3-4-5-6-17-26-21-13-11-20(12-14-21)19-9-7-18(8-10-19)15-16-22(23,24)25/h8-11,21-22H,2-7,12-18H2,1H3;7-10,20-21H,2-6,11-17H2,1H3/t21-,22-;20-,21-. The van der Waals surface area contributed by atoms with E-state index in [4.69, 9.17) is 9.47 Å².